The van der Waals surface area contributed by atoms with Crippen LogP contribution in [0.2, 0.25) is 0 Å². The van der Waals surface area contributed by atoms with Crippen LogP contribution in [-0.2, 0) is 19.1 Å². The van der Waals surface area contributed by atoms with Gasteiger partial charge in [-0.25, -0.2) is 9.67 Å². The van der Waals surface area contributed by atoms with Gasteiger partial charge in [0.25, 0.3) is 0 Å². The molecule has 0 aliphatic heterocycles. The molecule has 0 saturated carbocycles. The number of hydrogen-bond acceptors (Lipinski definition) is 8. The van der Waals surface area contributed by atoms with Crippen LogP contribution in [0.3, 0.4) is 0 Å². The van der Waals surface area contributed by atoms with E-state index in [9.17, 15) is 9.59 Å². The minimum atomic E-state index is -1.39. The quantitative estimate of drug-likeness (QED) is 0.477. The lowest BCUT2D eigenvalue weighted by Crippen LogP contribution is -2.28. The Labute approximate surface area is 155 Å². The van der Waals surface area contributed by atoms with Crippen molar-refractivity contribution in [1.82, 2.24) is 25.0 Å². The van der Waals surface area contributed by atoms with Gasteiger partial charge in [0.1, 0.15) is 5.52 Å². The van der Waals surface area contributed by atoms with Gasteiger partial charge in [-0.3, -0.25) is 9.59 Å². The van der Waals surface area contributed by atoms with Crippen LogP contribution in [-0.4, -0.2) is 50.1 Å². The average molecular weight is 369 g/mol. The number of ether oxygens (including phenoxy) is 2. The van der Waals surface area contributed by atoms with Crippen LogP contribution in [0.1, 0.15) is 31.3 Å². The van der Waals surface area contributed by atoms with Crippen LogP contribution >= 0.6 is 0 Å². The third kappa shape index (κ3) is 3.62. The second kappa shape index (κ2) is 7.90. The molecule has 9 heteroatoms. The van der Waals surface area contributed by atoms with Gasteiger partial charge in [0, 0.05) is 0 Å². The second-order valence-electron chi connectivity index (χ2n) is 5.61. The van der Waals surface area contributed by atoms with Gasteiger partial charge in [-0.15, -0.1) is 10.2 Å². The molecule has 3 aromatic rings. The van der Waals surface area contributed by atoms with Crippen LogP contribution in [0, 0.1) is 6.92 Å². The summed E-state index contributed by atoms with van der Waals surface area (Å²) in [4.78, 5) is 28.9. The predicted octanol–water partition coefficient (Wildman–Crippen LogP) is 1.73. The van der Waals surface area contributed by atoms with Crippen LogP contribution in [0.15, 0.2) is 30.3 Å². The molecule has 0 aliphatic rings. The van der Waals surface area contributed by atoms with Crippen molar-refractivity contribution in [3.8, 4) is 5.69 Å². The molecule has 3 rings (SSSR count). The first-order valence-electron chi connectivity index (χ1n) is 8.55. The van der Waals surface area contributed by atoms with Gasteiger partial charge in [0.05, 0.1) is 24.6 Å². The smallest absolute Gasteiger partial charge is 0.328 e. The van der Waals surface area contributed by atoms with Crippen molar-refractivity contribution in [3.05, 3.63) is 41.9 Å². The summed E-state index contributed by atoms with van der Waals surface area (Å²) in [6, 6.07) is 9.41. The molecule has 1 aromatic carbocycles. The highest BCUT2D eigenvalue weighted by molar-refractivity contribution is 6.00. The molecule has 140 valence electrons. The predicted molar refractivity (Wildman–Crippen MR) is 95.2 cm³/mol. The van der Waals surface area contributed by atoms with E-state index in [0.717, 1.165) is 5.69 Å². The van der Waals surface area contributed by atoms with Crippen molar-refractivity contribution < 1.29 is 19.1 Å². The number of esters is 2. The topological polar surface area (TPSA) is 109 Å². The van der Waals surface area contributed by atoms with Crippen molar-refractivity contribution >= 4 is 23.1 Å². The van der Waals surface area contributed by atoms with Gasteiger partial charge in [-0.05, 0) is 32.9 Å². The minimum Gasteiger partial charge on any atom is -0.465 e. The van der Waals surface area contributed by atoms with Gasteiger partial charge >= 0.3 is 11.9 Å². The Morgan fingerprint density at radius 1 is 1.04 bits per heavy atom. The van der Waals surface area contributed by atoms with Gasteiger partial charge in [-0.1, -0.05) is 18.2 Å². The number of aryl methyl sites for hydroxylation is 1. The van der Waals surface area contributed by atoms with E-state index in [2.05, 4.69) is 20.3 Å². The monoisotopic (exact) mass is 369 g/mol. The molecule has 2 heterocycles. The summed E-state index contributed by atoms with van der Waals surface area (Å²) >= 11 is 0. The number of carbonyl (C=O) groups excluding carboxylic acids is 2. The lowest BCUT2D eigenvalue weighted by atomic mass is 10.1. The first kappa shape index (κ1) is 18.4. The molecule has 0 radical (unpaired) electrons. The van der Waals surface area contributed by atoms with Crippen LogP contribution in [0.25, 0.3) is 16.9 Å². The van der Waals surface area contributed by atoms with Gasteiger partial charge < -0.3 is 9.47 Å². The molecule has 0 bridgehead atoms. The van der Waals surface area contributed by atoms with E-state index < -0.39 is 17.9 Å². The zero-order chi connectivity index (χ0) is 19.4. The Hall–Kier alpha value is -3.36. The Balaban J connectivity index is 2.08. The third-order valence-electron chi connectivity index (χ3n) is 3.78. The van der Waals surface area contributed by atoms with E-state index in [0.29, 0.717) is 16.9 Å². The largest absolute Gasteiger partial charge is 0.465 e. The highest BCUT2D eigenvalue weighted by Gasteiger charge is 2.35. The number of aromatic nitrogens is 5. The van der Waals surface area contributed by atoms with Gasteiger partial charge in [0.2, 0.25) is 11.6 Å². The molecular weight excluding hydrogens is 350 g/mol. The lowest BCUT2D eigenvalue weighted by molar-refractivity contribution is -0.157. The zero-order valence-corrected chi connectivity index (χ0v) is 15.2. The molecule has 0 saturated heterocycles. The maximum absolute atomic E-state index is 12.3. The molecule has 0 aliphatic carbocycles. The van der Waals surface area contributed by atoms with Crippen molar-refractivity contribution in [1.29, 1.82) is 0 Å². The molecule has 0 atom stereocenters. The fourth-order valence-corrected chi connectivity index (χ4v) is 2.59. The molecule has 0 spiro atoms. The summed E-state index contributed by atoms with van der Waals surface area (Å²) < 4.78 is 11.6. The van der Waals surface area contributed by atoms with Crippen LogP contribution < -0.4 is 0 Å². The summed E-state index contributed by atoms with van der Waals surface area (Å²) in [5, 5.41) is 12.6. The summed E-state index contributed by atoms with van der Waals surface area (Å²) in [7, 11) is 0. The number of para-hydroxylation sites is 1. The van der Waals surface area contributed by atoms with E-state index >= 15 is 0 Å². The first-order valence-corrected chi connectivity index (χ1v) is 8.55. The molecule has 0 fully saturated rings. The van der Waals surface area contributed by atoms with Crippen LogP contribution in [0.5, 0.6) is 0 Å². The Morgan fingerprint density at radius 2 is 1.67 bits per heavy atom. The Bertz CT molecular complexity index is 953. The number of rotatable bonds is 6. The zero-order valence-electron chi connectivity index (χ0n) is 15.2. The number of fused-ring (bicyclic) bond motifs is 1. The normalized spacial score (nSPS) is 11.0. The van der Waals surface area contributed by atoms with Crippen LogP contribution in [0.4, 0.5) is 0 Å². The van der Waals surface area contributed by atoms with E-state index in [1.165, 1.54) is 0 Å². The molecule has 9 nitrogen and oxygen atoms in total. The summed E-state index contributed by atoms with van der Waals surface area (Å²) in [6.45, 7) is 5.31. The maximum Gasteiger partial charge on any atom is 0.328 e. The van der Waals surface area contributed by atoms with E-state index in [1.54, 1.807) is 25.5 Å². The van der Waals surface area contributed by atoms with E-state index in [1.807, 2.05) is 30.3 Å². The number of benzene rings is 1. The standard InChI is InChI=1S/C18H19N5O4/c1-4-26-17(24)13(18(25)27-5-2)15-19-14-11(3)22-23(16(14)21-20-15)12-9-7-6-8-10-12/h6-10,13H,4-5H2,1-3H3. The highest BCUT2D eigenvalue weighted by atomic mass is 16.6. The first-order chi connectivity index (χ1) is 13.1. The number of carbonyl (C=O) groups is 2. The second-order valence-corrected chi connectivity index (χ2v) is 5.61. The molecular formula is C18H19N5O4. The molecule has 0 unspecified atom stereocenters. The highest BCUT2D eigenvalue weighted by Crippen LogP contribution is 2.21. The minimum absolute atomic E-state index is 0.0740. The van der Waals surface area contributed by atoms with Crippen molar-refractivity contribution in [2.45, 2.75) is 26.7 Å². The van der Waals surface area contributed by atoms with Crippen molar-refractivity contribution in [2.24, 2.45) is 0 Å². The maximum atomic E-state index is 12.3. The summed E-state index contributed by atoms with van der Waals surface area (Å²) in [5.74, 6) is -3.01. The molecule has 27 heavy (non-hydrogen) atoms. The Morgan fingerprint density at radius 3 is 2.26 bits per heavy atom. The van der Waals surface area contributed by atoms with Crippen molar-refractivity contribution in [2.75, 3.05) is 13.2 Å². The lowest BCUT2D eigenvalue weighted by Gasteiger charge is -2.12. The Kier molecular flexibility index (Phi) is 5.39. The van der Waals surface area contributed by atoms with Crippen molar-refractivity contribution in [3.63, 3.8) is 0 Å². The number of hydrogen-bond donors (Lipinski definition) is 0. The summed E-state index contributed by atoms with van der Waals surface area (Å²) in [6.07, 6.45) is 0. The molecule has 0 amide bonds. The molecule has 0 N–H and O–H groups in total. The van der Waals surface area contributed by atoms with Gasteiger partial charge in [0.15, 0.2) is 5.82 Å². The van der Waals surface area contributed by atoms with E-state index in [-0.39, 0.29) is 19.0 Å². The fourth-order valence-electron chi connectivity index (χ4n) is 2.59. The van der Waals surface area contributed by atoms with Gasteiger partial charge in [-0.2, -0.15) is 5.10 Å². The number of nitrogens with zero attached hydrogens (tertiary/aromatic N) is 5. The average Bonchev–Trinajstić information content (AvgIpc) is 2.99. The SMILES string of the molecule is CCOC(=O)C(C(=O)OCC)c1nnc2c(n1)c(C)nn2-c1ccccc1. The van der Waals surface area contributed by atoms with E-state index in [4.69, 9.17) is 9.47 Å². The fraction of sp³-hybridized carbons (Fsp3) is 0.333. The third-order valence-corrected chi connectivity index (χ3v) is 3.78. The molecule has 2 aromatic heterocycles. The summed E-state index contributed by atoms with van der Waals surface area (Å²) in [5.41, 5.74) is 2.26.